The molecule has 0 aliphatic heterocycles. The van der Waals surface area contributed by atoms with E-state index >= 15 is 0 Å². The summed E-state index contributed by atoms with van der Waals surface area (Å²) in [5.74, 6) is 0.741. The van der Waals surface area contributed by atoms with Gasteiger partial charge < -0.3 is 24.1 Å². The Bertz CT molecular complexity index is 542. The van der Waals surface area contributed by atoms with Crippen molar-refractivity contribution in [1.82, 2.24) is 0 Å². The van der Waals surface area contributed by atoms with Crippen LogP contribution in [0.25, 0.3) is 0 Å². The van der Waals surface area contributed by atoms with Crippen molar-refractivity contribution < 1.29 is 24.1 Å². The van der Waals surface area contributed by atoms with Crippen LogP contribution in [0.2, 0.25) is 0 Å². The van der Waals surface area contributed by atoms with E-state index in [1.165, 1.54) is 12.0 Å². The number of methoxy groups -OCH3 is 1. The minimum absolute atomic E-state index is 0.0322. The van der Waals surface area contributed by atoms with E-state index in [1.807, 2.05) is 6.07 Å². The van der Waals surface area contributed by atoms with Crippen molar-refractivity contribution in [3.63, 3.8) is 0 Å². The predicted octanol–water partition coefficient (Wildman–Crippen LogP) is 3.77. The number of aliphatic hydroxyl groups excluding tert-OH is 1. The van der Waals surface area contributed by atoms with Crippen LogP contribution in [0.15, 0.2) is 29.2 Å². The second-order valence-electron chi connectivity index (χ2n) is 7.94. The third-order valence-corrected chi connectivity index (χ3v) is 5.60. The maximum Gasteiger partial charge on any atom is 0.0578 e. The predicted molar refractivity (Wildman–Crippen MR) is 118 cm³/mol. The Hall–Kier alpha value is -0.630. The number of benzene rings is 1. The zero-order valence-electron chi connectivity index (χ0n) is 17.8. The molecule has 1 N–H and O–H groups in total. The number of hydrogen-bond donors (Lipinski definition) is 2. The standard InChI is InChI=1S/C23H38O5S/c1-25-9-3-10-26-17-21(16-24)18-27-11-4-12-28-22-8-7-20(14-22)13-19-5-2-6-23(29)15-19/h2,5-6,15,20-22,24,29H,3-4,7-14,16-18H2,1H3. The summed E-state index contributed by atoms with van der Waals surface area (Å²) in [5, 5.41) is 9.41. The highest BCUT2D eigenvalue weighted by molar-refractivity contribution is 7.80. The average molecular weight is 427 g/mol. The van der Waals surface area contributed by atoms with Gasteiger partial charge in [-0.15, -0.1) is 12.6 Å². The number of thiol groups is 1. The van der Waals surface area contributed by atoms with Gasteiger partial charge in [0, 0.05) is 44.4 Å². The number of aliphatic hydroxyl groups is 1. The van der Waals surface area contributed by atoms with E-state index in [2.05, 4.69) is 30.8 Å². The third-order valence-electron chi connectivity index (χ3n) is 5.32. The van der Waals surface area contributed by atoms with E-state index in [0.29, 0.717) is 45.1 Å². The quantitative estimate of drug-likeness (QED) is 0.311. The van der Waals surface area contributed by atoms with E-state index in [4.69, 9.17) is 18.9 Å². The Morgan fingerprint density at radius 3 is 2.52 bits per heavy atom. The van der Waals surface area contributed by atoms with E-state index in [1.54, 1.807) is 7.11 Å². The van der Waals surface area contributed by atoms with Crippen molar-refractivity contribution in [2.45, 2.75) is 49.5 Å². The number of rotatable bonds is 16. The summed E-state index contributed by atoms with van der Waals surface area (Å²) < 4.78 is 22.3. The lowest BCUT2D eigenvalue weighted by Gasteiger charge is -2.16. The maximum atomic E-state index is 9.41. The largest absolute Gasteiger partial charge is 0.396 e. The first-order valence-corrected chi connectivity index (χ1v) is 11.3. The smallest absolute Gasteiger partial charge is 0.0578 e. The van der Waals surface area contributed by atoms with Crippen molar-refractivity contribution in [3.8, 4) is 0 Å². The van der Waals surface area contributed by atoms with Crippen LogP contribution in [0.3, 0.4) is 0 Å². The molecule has 1 saturated carbocycles. The van der Waals surface area contributed by atoms with Gasteiger partial charge in [0.15, 0.2) is 0 Å². The molecule has 6 heteroatoms. The highest BCUT2D eigenvalue weighted by Crippen LogP contribution is 2.31. The molecule has 1 fully saturated rings. The van der Waals surface area contributed by atoms with Gasteiger partial charge in [-0.25, -0.2) is 0 Å². The van der Waals surface area contributed by atoms with Gasteiger partial charge >= 0.3 is 0 Å². The molecule has 0 amide bonds. The Balaban J connectivity index is 1.47. The fraction of sp³-hybridized carbons (Fsp3) is 0.739. The molecule has 1 aliphatic rings. The summed E-state index contributed by atoms with van der Waals surface area (Å²) in [6.07, 6.45) is 6.79. The van der Waals surface area contributed by atoms with Crippen LogP contribution in [0.5, 0.6) is 0 Å². The van der Waals surface area contributed by atoms with Crippen molar-refractivity contribution in [2.75, 3.05) is 53.4 Å². The SMILES string of the molecule is COCCCOCC(CO)COCCCOC1CCC(Cc2cccc(S)c2)C1. The summed E-state index contributed by atoms with van der Waals surface area (Å²) in [6, 6.07) is 8.46. The molecule has 29 heavy (non-hydrogen) atoms. The van der Waals surface area contributed by atoms with Crippen LogP contribution in [-0.2, 0) is 25.4 Å². The lowest BCUT2D eigenvalue weighted by atomic mass is 9.98. The molecule has 0 radical (unpaired) electrons. The summed E-state index contributed by atoms with van der Waals surface area (Å²) in [6.45, 7) is 3.88. The minimum atomic E-state index is 0.0322. The third kappa shape index (κ3) is 10.8. The lowest BCUT2D eigenvalue weighted by Crippen LogP contribution is -2.21. The fourth-order valence-electron chi connectivity index (χ4n) is 3.75. The zero-order valence-corrected chi connectivity index (χ0v) is 18.7. The van der Waals surface area contributed by atoms with Crippen LogP contribution in [0, 0.1) is 11.8 Å². The first-order valence-electron chi connectivity index (χ1n) is 10.9. The Morgan fingerprint density at radius 1 is 1.07 bits per heavy atom. The van der Waals surface area contributed by atoms with Crippen molar-refractivity contribution in [1.29, 1.82) is 0 Å². The summed E-state index contributed by atoms with van der Waals surface area (Å²) in [5.41, 5.74) is 1.37. The van der Waals surface area contributed by atoms with Crippen LogP contribution in [0.4, 0.5) is 0 Å². The zero-order chi connectivity index (χ0) is 20.7. The second kappa shape index (κ2) is 15.2. The van der Waals surface area contributed by atoms with Gasteiger partial charge in [-0.05, 0) is 62.1 Å². The van der Waals surface area contributed by atoms with Crippen molar-refractivity contribution in [3.05, 3.63) is 29.8 Å². The Morgan fingerprint density at radius 2 is 1.83 bits per heavy atom. The Labute approximate surface area is 181 Å². The fourth-order valence-corrected chi connectivity index (χ4v) is 4.00. The van der Waals surface area contributed by atoms with Gasteiger partial charge in [-0.1, -0.05) is 12.1 Å². The van der Waals surface area contributed by atoms with E-state index < -0.39 is 0 Å². The van der Waals surface area contributed by atoms with Gasteiger partial charge in [0.05, 0.1) is 25.9 Å². The van der Waals surface area contributed by atoms with Gasteiger partial charge in [-0.2, -0.15) is 0 Å². The molecule has 5 nitrogen and oxygen atoms in total. The topological polar surface area (TPSA) is 57.2 Å². The molecule has 0 heterocycles. The molecule has 0 bridgehead atoms. The van der Waals surface area contributed by atoms with Crippen LogP contribution in [-0.4, -0.2) is 64.6 Å². The molecule has 3 atom stereocenters. The Kier molecular flexibility index (Phi) is 12.9. The monoisotopic (exact) mass is 426 g/mol. The highest BCUT2D eigenvalue weighted by Gasteiger charge is 2.25. The van der Waals surface area contributed by atoms with Crippen LogP contribution >= 0.6 is 12.6 Å². The van der Waals surface area contributed by atoms with E-state index in [-0.39, 0.29) is 12.5 Å². The maximum absolute atomic E-state index is 9.41. The first kappa shape index (κ1) is 24.6. The molecule has 0 spiro atoms. The second-order valence-corrected chi connectivity index (χ2v) is 8.46. The van der Waals surface area contributed by atoms with Crippen molar-refractivity contribution >= 4 is 12.6 Å². The van der Waals surface area contributed by atoms with Gasteiger partial charge in [0.1, 0.15) is 0 Å². The number of ether oxygens (including phenoxy) is 4. The summed E-state index contributed by atoms with van der Waals surface area (Å²) in [4.78, 5) is 1.04. The van der Waals surface area contributed by atoms with E-state index in [9.17, 15) is 5.11 Å². The van der Waals surface area contributed by atoms with Gasteiger partial charge in [-0.3, -0.25) is 0 Å². The minimum Gasteiger partial charge on any atom is -0.396 e. The van der Waals surface area contributed by atoms with Gasteiger partial charge in [0.2, 0.25) is 0 Å². The van der Waals surface area contributed by atoms with Crippen LogP contribution in [0.1, 0.15) is 37.7 Å². The molecular formula is C23H38O5S. The normalized spacial score (nSPS) is 20.2. The summed E-state index contributed by atoms with van der Waals surface area (Å²) in [7, 11) is 1.68. The lowest BCUT2D eigenvalue weighted by molar-refractivity contribution is -0.000633. The first-order chi connectivity index (χ1) is 14.2. The number of hydrogen-bond acceptors (Lipinski definition) is 6. The molecule has 3 unspecified atom stereocenters. The average Bonchev–Trinajstić information content (AvgIpc) is 3.16. The molecule has 0 saturated heterocycles. The molecule has 166 valence electrons. The van der Waals surface area contributed by atoms with Crippen LogP contribution < -0.4 is 0 Å². The molecule has 0 aromatic heterocycles. The molecule has 2 rings (SSSR count). The molecule has 1 aromatic rings. The van der Waals surface area contributed by atoms with E-state index in [0.717, 1.165) is 43.6 Å². The molecular weight excluding hydrogens is 388 g/mol. The van der Waals surface area contributed by atoms with Gasteiger partial charge in [0.25, 0.3) is 0 Å². The highest BCUT2D eigenvalue weighted by atomic mass is 32.1. The molecule has 1 aliphatic carbocycles. The summed E-state index contributed by atoms with van der Waals surface area (Å²) >= 11 is 4.43. The van der Waals surface area contributed by atoms with Crippen molar-refractivity contribution in [2.24, 2.45) is 11.8 Å². The molecule has 1 aromatic carbocycles.